The highest BCUT2D eigenvalue weighted by Crippen LogP contribution is 2.21. The van der Waals surface area contributed by atoms with E-state index in [-0.39, 0.29) is 5.91 Å². The van der Waals surface area contributed by atoms with Gasteiger partial charge < -0.3 is 10.1 Å². The minimum Gasteiger partial charge on any atom is -0.369 e. The molecular weight excluding hydrogens is 258 g/mol. The summed E-state index contributed by atoms with van der Waals surface area (Å²) in [6, 6.07) is 7.47. The average molecular weight is 272 g/mol. The molecule has 1 aromatic carbocycles. The Hall–Kier alpha value is -0.870. The summed E-state index contributed by atoms with van der Waals surface area (Å²) >= 11 is 3.36. The van der Waals surface area contributed by atoms with Crippen molar-refractivity contribution in [2.45, 2.75) is 20.0 Å². The van der Waals surface area contributed by atoms with E-state index in [1.165, 1.54) is 0 Å². The van der Waals surface area contributed by atoms with Crippen molar-refractivity contribution in [3.8, 4) is 0 Å². The zero-order chi connectivity index (χ0) is 11.3. The van der Waals surface area contributed by atoms with Gasteiger partial charge in [0, 0.05) is 11.1 Å². The first-order valence-corrected chi connectivity index (χ1v) is 5.61. The van der Waals surface area contributed by atoms with Crippen molar-refractivity contribution in [2.24, 2.45) is 0 Å². The van der Waals surface area contributed by atoms with Gasteiger partial charge in [-0.2, -0.15) is 0 Å². The smallest absolute Gasteiger partial charge is 0.253 e. The molecule has 0 heterocycles. The molecule has 1 N–H and O–H groups in total. The van der Waals surface area contributed by atoms with Crippen LogP contribution >= 0.6 is 15.9 Å². The highest BCUT2D eigenvalue weighted by Gasteiger charge is 2.13. The van der Waals surface area contributed by atoms with Crippen molar-refractivity contribution in [3.05, 3.63) is 28.7 Å². The lowest BCUT2D eigenvalue weighted by atomic mass is 10.3. The van der Waals surface area contributed by atoms with Crippen LogP contribution in [0.1, 0.15) is 13.8 Å². The van der Waals surface area contributed by atoms with Gasteiger partial charge in [-0.05, 0) is 41.9 Å². The van der Waals surface area contributed by atoms with E-state index >= 15 is 0 Å². The highest BCUT2D eigenvalue weighted by atomic mass is 79.9. The largest absolute Gasteiger partial charge is 0.369 e. The van der Waals surface area contributed by atoms with Crippen molar-refractivity contribution < 1.29 is 9.53 Å². The Morgan fingerprint density at radius 3 is 2.80 bits per heavy atom. The summed E-state index contributed by atoms with van der Waals surface area (Å²) in [6.07, 6.45) is -0.429. The van der Waals surface area contributed by atoms with Crippen LogP contribution in [0.15, 0.2) is 28.7 Å². The molecular formula is C11H14BrNO2. The Kier molecular flexibility index (Phi) is 4.78. The maximum Gasteiger partial charge on any atom is 0.253 e. The molecule has 0 fully saturated rings. The maximum atomic E-state index is 11.6. The Morgan fingerprint density at radius 1 is 1.53 bits per heavy atom. The fourth-order valence-electron chi connectivity index (χ4n) is 1.12. The van der Waals surface area contributed by atoms with Crippen molar-refractivity contribution in [3.63, 3.8) is 0 Å². The van der Waals surface area contributed by atoms with Gasteiger partial charge in [0.25, 0.3) is 5.91 Å². The number of benzene rings is 1. The van der Waals surface area contributed by atoms with Crippen molar-refractivity contribution in [1.29, 1.82) is 0 Å². The van der Waals surface area contributed by atoms with E-state index in [4.69, 9.17) is 4.74 Å². The van der Waals surface area contributed by atoms with Crippen molar-refractivity contribution in [1.82, 2.24) is 0 Å². The van der Waals surface area contributed by atoms with Gasteiger partial charge >= 0.3 is 0 Å². The second kappa shape index (κ2) is 5.88. The Bertz CT molecular complexity index is 341. The van der Waals surface area contributed by atoms with E-state index in [1.54, 1.807) is 6.92 Å². The molecule has 4 heteroatoms. The summed E-state index contributed by atoms with van der Waals surface area (Å²) in [6.45, 7) is 4.13. The second-order valence-corrected chi connectivity index (χ2v) is 3.92. The number of rotatable bonds is 4. The van der Waals surface area contributed by atoms with Gasteiger partial charge in [0.2, 0.25) is 0 Å². The molecule has 0 aliphatic rings. The SMILES string of the molecule is CCOC(C)C(=O)Nc1ccccc1Br. The monoisotopic (exact) mass is 271 g/mol. The third-order valence-electron chi connectivity index (χ3n) is 1.92. The number of nitrogens with one attached hydrogen (secondary N) is 1. The molecule has 0 saturated heterocycles. The fourth-order valence-corrected chi connectivity index (χ4v) is 1.51. The first kappa shape index (κ1) is 12.2. The van der Waals surface area contributed by atoms with Gasteiger partial charge in [-0.15, -0.1) is 0 Å². The zero-order valence-electron chi connectivity index (χ0n) is 8.79. The van der Waals surface area contributed by atoms with Crippen LogP contribution in [0, 0.1) is 0 Å². The number of ether oxygens (including phenoxy) is 1. The molecule has 3 nitrogen and oxygen atoms in total. The summed E-state index contributed by atoms with van der Waals surface area (Å²) in [4.78, 5) is 11.6. The quantitative estimate of drug-likeness (QED) is 0.915. The Morgan fingerprint density at radius 2 is 2.20 bits per heavy atom. The van der Waals surface area contributed by atoms with E-state index in [1.807, 2.05) is 31.2 Å². The molecule has 0 bridgehead atoms. The highest BCUT2D eigenvalue weighted by molar-refractivity contribution is 9.10. The van der Waals surface area contributed by atoms with Gasteiger partial charge in [0.05, 0.1) is 5.69 Å². The molecule has 0 saturated carbocycles. The predicted molar refractivity (Wildman–Crippen MR) is 63.9 cm³/mol. The number of carbonyl (C=O) groups is 1. The van der Waals surface area contributed by atoms with Crippen LogP contribution in [0.4, 0.5) is 5.69 Å². The van der Waals surface area contributed by atoms with E-state index in [9.17, 15) is 4.79 Å². The summed E-state index contributed by atoms with van der Waals surface area (Å²) in [7, 11) is 0. The van der Waals surface area contributed by atoms with Crippen LogP contribution in [-0.2, 0) is 9.53 Å². The molecule has 0 spiro atoms. The molecule has 0 radical (unpaired) electrons. The first-order chi connectivity index (χ1) is 7.15. The second-order valence-electron chi connectivity index (χ2n) is 3.07. The van der Waals surface area contributed by atoms with Gasteiger partial charge in [0.15, 0.2) is 0 Å². The van der Waals surface area contributed by atoms with E-state index in [0.29, 0.717) is 6.61 Å². The Labute approximate surface area is 97.9 Å². The topological polar surface area (TPSA) is 38.3 Å². The molecule has 0 aliphatic carbocycles. The van der Waals surface area contributed by atoms with Crippen molar-refractivity contribution >= 4 is 27.5 Å². The van der Waals surface area contributed by atoms with Crippen LogP contribution in [-0.4, -0.2) is 18.6 Å². The van der Waals surface area contributed by atoms with Gasteiger partial charge in [-0.1, -0.05) is 12.1 Å². The summed E-state index contributed by atoms with van der Waals surface area (Å²) in [5, 5.41) is 2.78. The van der Waals surface area contributed by atoms with Crippen molar-refractivity contribution in [2.75, 3.05) is 11.9 Å². The summed E-state index contributed by atoms with van der Waals surface area (Å²) in [5.41, 5.74) is 0.758. The number of anilines is 1. The molecule has 1 rings (SSSR count). The lowest BCUT2D eigenvalue weighted by Crippen LogP contribution is -2.27. The van der Waals surface area contributed by atoms with E-state index in [2.05, 4.69) is 21.2 Å². The third kappa shape index (κ3) is 3.64. The number of halogens is 1. The number of amides is 1. The van der Waals surface area contributed by atoms with E-state index < -0.39 is 6.10 Å². The molecule has 0 aliphatic heterocycles. The molecule has 1 unspecified atom stereocenters. The summed E-state index contributed by atoms with van der Waals surface area (Å²) in [5.74, 6) is -0.135. The number of hydrogen-bond donors (Lipinski definition) is 1. The zero-order valence-corrected chi connectivity index (χ0v) is 10.4. The lowest BCUT2D eigenvalue weighted by molar-refractivity contribution is -0.126. The predicted octanol–water partition coefficient (Wildman–Crippen LogP) is 2.81. The third-order valence-corrected chi connectivity index (χ3v) is 2.61. The lowest BCUT2D eigenvalue weighted by Gasteiger charge is -2.12. The van der Waals surface area contributed by atoms with Gasteiger partial charge in [0.1, 0.15) is 6.10 Å². The van der Waals surface area contributed by atoms with Gasteiger partial charge in [-0.25, -0.2) is 0 Å². The van der Waals surface area contributed by atoms with Crippen LogP contribution < -0.4 is 5.32 Å². The molecule has 1 amide bonds. The van der Waals surface area contributed by atoms with Gasteiger partial charge in [-0.3, -0.25) is 4.79 Å². The molecule has 0 aromatic heterocycles. The molecule has 1 atom stereocenters. The van der Waals surface area contributed by atoms with E-state index in [0.717, 1.165) is 10.2 Å². The number of hydrogen-bond acceptors (Lipinski definition) is 2. The van der Waals surface area contributed by atoms with Crippen LogP contribution in [0.5, 0.6) is 0 Å². The number of carbonyl (C=O) groups excluding carboxylic acids is 1. The molecule has 15 heavy (non-hydrogen) atoms. The molecule has 82 valence electrons. The minimum atomic E-state index is -0.429. The van der Waals surface area contributed by atoms with Crippen LogP contribution in [0.3, 0.4) is 0 Å². The van der Waals surface area contributed by atoms with Crippen LogP contribution in [0.25, 0.3) is 0 Å². The average Bonchev–Trinajstić information content (AvgIpc) is 2.21. The molecule has 1 aromatic rings. The standard InChI is InChI=1S/C11H14BrNO2/c1-3-15-8(2)11(14)13-10-7-5-4-6-9(10)12/h4-8H,3H2,1-2H3,(H,13,14). The maximum absolute atomic E-state index is 11.6. The Balaban J connectivity index is 2.62. The minimum absolute atomic E-state index is 0.135. The number of para-hydroxylation sites is 1. The normalized spacial score (nSPS) is 12.2. The summed E-state index contributed by atoms with van der Waals surface area (Å²) < 4.78 is 6.05. The fraction of sp³-hybridized carbons (Fsp3) is 0.364. The van der Waals surface area contributed by atoms with Crippen LogP contribution in [0.2, 0.25) is 0 Å². The first-order valence-electron chi connectivity index (χ1n) is 4.82.